The van der Waals surface area contributed by atoms with E-state index in [1.807, 2.05) is 30.3 Å². The minimum atomic E-state index is -0.918. The summed E-state index contributed by atoms with van der Waals surface area (Å²) in [5.41, 5.74) is 2.22. The fourth-order valence-electron chi connectivity index (χ4n) is 5.70. The molecular weight excluding hydrogens is 610 g/mol. The molecule has 3 heterocycles. The number of non-ortho nitro benzene ring substituents is 1. The number of ether oxygens (including phenoxy) is 3. The average Bonchev–Trinajstić information content (AvgIpc) is 3.63. The van der Waals surface area contributed by atoms with Crippen LogP contribution >= 0.6 is 11.3 Å². The molecular formula is C34H29N3O8S. The minimum absolute atomic E-state index is 0.0116. The molecule has 0 fully saturated rings. The van der Waals surface area contributed by atoms with Crippen molar-refractivity contribution in [2.45, 2.75) is 26.8 Å². The molecule has 46 heavy (non-hydrogen) atoms. The topological polar surface area (TPSA) is 135 Å². The van der Waals surface area contributed by atoms with Gasteiger partial charge in [0.05, 0.1) is 41.6 Å². The van der Waals surface area contributed by atoms with Crippen LogP contribution in [0.4, 0.5) is 5.69 Å². The molecule has 3 aromatic carbocycles. The van der Waals surface area contributed by atoms with Crippen LogP contribution in [0.2, 0.25) is 0 Å². The number of nitro benzene ring substituents is 1. The largest absolute Gasteiger partial charge is 0.497 e. The van der Waals surface area contributed by atoms with Crippen LogP contribution in [0.15, 0.2) is 86.1 Å². The number of methoxy groups -OCH3 is 2. The minimum Gasteiger partial charge on any atom is -0.497 e. The molecule has 0 saturated heterocycles. The van der Waals surface area contributed by atoms with Gasteiger partial charge in [-0.25, -0.2) is 9.79 Å². The van der Waals surface area contributed by atoms with Gasteiger partial charge in [-0.3, -0.25) is 19.5 Å². The van der Waals surface area contributed by atoms with Gasteiger partial charge in [-0.2, -0.15) is 0 Å². The van der Waals surface area contributed by atoms with E-state index in [9.17, 15) is 19.7 Å². The third-order valence-electron chi connectivity index (χ3n) is 7.83. The van der Waals surface area contributed by atoms with Crippen molar-refractivity contribution >= 4 is 39.8 Å². The van der Waals surface area contributed by atoms with Gasteiger partial charge < -0.3 is 18.6 Å². The SMILES string of the molecule is CCOC(=O)C1=C(C)N=c2s/c(=C\c3ccc(-c4ccc([N+](=O)[O-])cc4C)o3)c(=O)n2C1c1c(OC)ccc2ccc(OC)cc12. The molecule has 1 unspecified atom stereocenters. The molecule has 0 N–H and O–H groups in total. The number of nitrogens with zero attached hydrogens (tertiary/aromatic N) is 3. The predicted molar refractivity (Wildman–Crippen MR) is 173 cm³/mol. The number of rotatable bonds is 8. The second-order valence-electron chi connectivity index (χ2n) is 10.5. The number of nitro groups is 1. The molecule has 0 aliphatic carbocycles. The van der Waals surface area contributed by atoms with Crippen molar-refractivity contribution in [2.24, 2.45) is 4.99 Å². The normalized spacial score (nSPS) is 14.6. The van der Waals surface area contributed by atoms with Crippen molar-refractivity contribution in [3.63, 3.8) is 0 Å². The Morgan fingerprint density at radius 3 is 2.57 bits per heavy atom. The summed E-state index contributed by atoms with van der Waals surface area (Å²) in [7, 11) is 3.11. The van der Waals surface area contributed by atoms with Crippen molar-refractivity contribution in [2.75, 3.05) is 20.8 Å². The number of fused-ring (bicyclic) bond motifs is 2. The fraction of sp³-hybridized carbons (Fsp3) is 0.206. The van der Waals surface area contributed by atoms with Crippen molar-refractivity contribution in [1.82, 2.24) is 4.57 Å². The number of benzene rings is 3. The number of carbonyl (C=O) groups is 1. The van der Waals surface area contributed by atoms with Gasteiger partial charge in [-0.05, 0) is 73.5 Å². The second-order valence-corrected chi connectivity index (χ2v) is 11.5. The summed E-state index contributed by atoms with van der Waals surface area (Å²) >= 11 is 1.17. The highest BCUT2D eigenvalue weighted by molar-refractivity contribution is 7.07. The van der Waals surface area contributed by atoms with E-state index in [-0.39, 0.29) is 23.4 Å². The van der Waals surface area contributed by atoms with Crippen molar-refractivity contribution < 1.29 is 28.3 Å². The molecule has 0 radical (unpaired) electrons. The lowest BCUT2D eigenvalue weighted by Gasteiger charge is -2.27. The van der Waals surface area contributed by atoms with E-state index in [0.717, 1.165) is 10.8 Å². The first kappa shape index (κ1) is 30.5. The Bertz CT molecular complexity index is 2250. The van der Waals surface area contributed by atoms with E-state index in [4.69, 9.17) is 18.6 Å². The smallest absolute Gasteiger partial charge is 0.338 e. The highest BCUT2D eigenvalue weighted by Gasteiger charge is 2.36. The zero-order chi connectivity index (χ0) is 32.7. The van der Waals surface area contributed by atoms with E-state index in [1.165, 1.54) is 35.1 Å². The molecule has 1 aliphatic rings. The van der Waals surface area contributed by atoms with Gasteiger partial charge in [0.1, 0.15) is 29.1 Å². The molecule has 0 amide bonds. The van der Waals surface area contributed by atoms with Crippen LogP contribution in [0, 0.1) is 17.0 Å². The molecule has 1 atom stereocenters. The van der Waals surface area contributed by atoms with E-state index >= 15 is 0 Å². The Labute approximate surface area is 266 Å². The van der Waals surface area contributed by atoms with Gasteiger partial charge in [0.25, 0.3) is 11.2 Å². The number of aromatic nitrogens is 1. The van der Waals surface area contributed by atoms with Crippen LogP contribution in [0.1, 0.15) is 36.8 Å². The standard InChI is InChI=1S/C34H29N3O8S/c1-6-44-33(39)29-19(3)35-34-36(31(29)30-25-16-22(42-4)10-7-20(25)8-13-27(30)43-5)32(38)28(46-34)17-23-11-14-26(45-23)24-12-9-21(37(40)41)15-18(24)2/h7-17,31H,6H2,1-5H3/b28-17-. The van der Waals surface area contributed by atoms with E-state index < -0.39 is 16.9 Å². The number of aryl methyl sites for hydroxylation is 1. The van der Waals surface area contributed by atoms with Gasteiger partial charge in [-0.1, -0.05) is 23.5 Å². The van der Waals surface area contributed by atoms with Crippen molar-refractivity contribution in [3.8, 4) is 22.8 Å². The molecule has 11 nitrogen and oxygen atoms in total. The highest BCUT2D eigenvalue weighted by atomic mass is 32.1. The molecule has 2 aromatic heterocycles. The predicted octanol–water partition coefficient (Wildman–Crippen LogP) is 5.45. The molecule has 5 aromatic rings. The summed E-state index contributed by atoms with van der Waals surface area (Å²) in [6.45, 7) is 5.35. The number of thiazole rings is 1. The maximum absolute atomic E-state index is 14.3. The zero-order valence-corrected chi connectivity index (χ0v) is 26.5. The van der Waals surface area contributed by atoms with Gasteiger partial charge in [0, 0.05) is 29.3 Å². The molecule has 234 valence electrons. The van der Waals surface area contributed by atoms with Crippen LogP contribution in [0.25, 0.3) is 28.2 Å². The summed E-state index contributed by atoms with van der Waals surface area (Å²) < 4.78 is 24.7. The second kappa shape index (κ2) is 12.1. The molecule has 0 saturated carbocycles. The number of hydrogen-bond acceptors (Lipinski definition) is 10. The maximum Gasteiger partial charge on any atom is 0.338 e. The summed E-state index contributed by atoms with van der Waals surface area (Å²) in [6.07, 6.45) is 1.62. The lowest BCUT2D eigenvalue weighted by atomic mass is 9.90. The molecule has 0 spiro atoms. The maximum atomic E-state index is 14.3. The van der Waals surface area contributed by atoms with Gasteiger partial charge >= 0.3 is 5.97 Å². The summed E-state index contributed by atoms with van der Waals surface area (Å²) in [5.74, 6) is 1.40. The Kier molecular flexibility index (Phi) is 8.05. The Balaban J connectivity index is 1.55. The number of allylic oxidation sites excluding steroid dienone is 1. The molecule has 6 rings (SSSR count). The quantitative estimate of drug-likeness (QED) is 0.124. The number of carbonyl (C=O) groups excluding carboxylic acids is 1. The van der Waals surface area contributed by atoms with Crippen LogP contribution < -0.4 is 24.4 Å². The van der Waals surface area contributed by atoms with Gasteiger partial charge in [0.2, 0.25) is 0 Å². The van der Waals surface area contributed by atoms with Crippen LogP contribution in [-0.2, 0) is 9.53 Å². The van der Waals surface area contributed by atoms with E-state index in [1.54, 1.807) is 52.2 Å². The van der Waals surface area contributed by atoms with Crippen LogP contribution in [0.5, 0.6) is 11.5 Å². The average molecular weight is 640 g/mol. The zero-order valence-electron chi connectivity index (χ0n) is 25.7. The molecule has 0 bridgehead atoms. The summed E-state index contributed by atoms with van der Waals surface area (Å²) in [4.78, 5) is 43.6. The Morgan fingerprint density at radius 1 is 1.09 bits per heavy atom. The first-order valence-electron chi connectivity index (χ1n) is 14.3. The highest BCUT2D eigenvalue weighted by Crippen LogP contribution is 2.41. The third-order valence-corrected chi connectivity index (χ3v) is 8.81. The monoisotopic (exact) mass is 639 g/mol. The number of esters is 1. The number of hydrogen-bond donors (Lipinski definition) is 0. The Morgan fingerprint density at radius 2 is 1.87 bits per heavy atom. The molecule has 1 aliphatic heterocycles. The van der Waals surface area contributed by atoms with Gasteiger partial charge in [-0.15, -0.1) is 0 Å². The van der Waals surface area contributed by atoms with Gasteiger partial charge in [0.15, 0.2) is 4.80 Å². The summed E-state index contributed by atoms with van der Waals surface area (Å²) in [5, 5.41) is 12.8. The Hall–Kier alpha value is -5.49. The van der Waals surface area contributed by atoms with E-state index in [2.05, 4.69) is 4.99 Å². The fourth-order valence-corrected chi connectivity index (χ4v) is 6.72. The van der Waals surface area contributed by atoms with Crippen LogP contribution in [-0.4, -0.2) is 36.3 Å². The lowest BCUT2D eigenvalue weighted by molar-refractivity contribution is -0.384. The molecule has 12 heteroatoms. The number of furan rings is 1. The third kappa shape index (κ3) is 5.26. The lowest BCUT2D eigenvalue weighted by Crippen LogP contribution is -2.40. The van der Waals surface area contributed by atoms with Crippen LogP contribution in [0.3, 0.4) is 0 Å². The van der Waals surface area contributed by atoms with Crippen molar-refractivity contribution in [1.29, 1.82) is 0 Å². The summed E-state index contributed by atoms with van der Waals surface area (Å²) in [6, 6.07) is 16.4. The van der Waals surface area contributed by atoms with Crippen molar-refractivity contribution in [3.05, 3.63) is 119 Å². The van der Waals surface area contributed by atoms with E-state index in [0.29, 0.717) is 54.7 Å². The first-order chi connectivity index (χ1) is 22.1. The first-order valence-corrected chi connectivity index (χ1v) is 15.2.